The molecule has 1 heterocycles. The first-order chi connectivity index (χ1) is 14.8. The van der Waals surface area contributed by atoms with Crippen LogP contribution in [0.25, 0.3) is 10.8 Å². The molecule has 1 saturated heterocycles. The fourth-order valence-corrected chi connectivity index (χ4v) is 6.51. The molecule has 3 nitrogen and oxygen atoms in total. The van der Waals surface area contributed by atoms with Crippen LogP contribution in [0.3, 0.4) is 0 Å². The van der Waals surface area contributed by atoms with E-state index in [1.165, 1.54) is 100 Å². The van der Waals surface area contributed by atoms with Crippen molar-refractivity contribution in [3.05, 3.63) is 42.0 Å². The van der Waals surface area contributed by atoms with Crippen molar-refractivity contribution >= 4 is 10.8 Å². The number of nitrogens with zero attached hydrogens (tertiary/aromatic N) is 2. The van der Waals surface area contributed by atoms with Gasteiger partial charge in [-0.15, -0.1) is 0 Å². The largest absolute Gasteiger partial charge is 0.496 e. The summed E-state index contributed by atoms with van der Waals surface area (Å²) in [6.45, 7) is 5.18. The molecule has 0 radical (unpaired) electrons. The molecule has 0 bridgehead atoms. The topological polar surface area (TPSA) is 15.7 Å². The average Bonchev–Trinajstić information content (AvgIpc) is 2.84. The fourth-order valence-electron chi connectivity index (χ4n) is 6.51. The molecule has 0 atom stereocenters. The Labute approximate surface area is 182 Å². The van der Waals surface area contributed by atoms with Gasteiger partial charge in [-0.05, 0) is 61.5 Å². The smallest absolute Gasteiger partial charge is 0.126 e. The van der Waals surface area contributed by atoms with Crippen LogP contribution in [0, 0.1) is 0 Å². The third-order valence-electron chi connectivity index (χ3n) is 8.23. The minimum absolute atomic E-state index is 0.695. The van der Waals surface area contributed by atoms with Crippen LogP contribution in [0.5, 0.6) is 5.75 Å². The number of fused-ring (bicyclic) bond motifs is 1. The highest BCUT2D eigenvalue weighted by atomic mass is 16.5. The predicted molar refractivity (Wildman–Crippen MR) is 126 cm³/mol. The van der Waals surface area contributed by atoms with E-state index in [4.69, 9.17) is 4.74 Å². The SMILES string of the molecule is COc1cccc2c(C3CCC(N4CCN(C5CCCCC5)CC4)CC3)cccc12. The first kappa shape index (κ1) is 20.3. The van der Waals surface area contributed by atoms with Gasteiger partial charge in [0.1, 0.15) is 5.75 Å². The van der Waals surface area contributed by atoms with E-state index >= 15 is 0 Å². The molecule has 5 rings (SSSR count). The Kier molecular flexibility index (Phi) is 6.29. The van der Waals surface area contributed by atoms with Crippen molar-refractivity contribution in [1.82, 2.24) is 9.80 Å². The Morgan fingerprint density at radius 2 is 1.27 bits per heavy atom. The number of piperazine rings is 1. The van der Waals surface area contributed by atoms with Crippen molar-refractivity contribution in [2.24, 2.45) is 0 Å². The van der Waals surface area contributed by atoms with Gasteiger partial charge < -0.3 is 4.74 Å². The quantitative estimate of drug-likeness (QED) is 0.636. The van der Waals surface area contributed by atoms with Crippen molar-refractivity contribution in [3.63, 3.8) is 0 Å². The van der Waals surface area contributed by atoms with Gasteiger partial charge in [0.05, 0.1) is 7.11 Å². The van der Waals surface area contributed by atoms with Crippen molar-refractivity contribution in [2.75, 3.05) is 33.3 Å². The Morgan fingerprint density at radius 1 is 0.667 bits per heavy atom. The third-order valence-corrected chi connectivity index (χ3v) is 8.23. The molecule has 2 aromatic rings. The highest BCUT2D eigenvalue weighted by molar-refractivity contribution is 5.91. The summed E-state index contributed by atoms with van der Waals surface area (Å²) in [6.07, 6.45) is 12.6. The summed E-state index contributed by atoms with van der Waals surface area (Å²) in [5.41, 5.74) is 1.53. The van der Waals surface area contributed by atoms with Gasteiger partial charge in [-0.1, -0.05) is 49.6 Å². The summed E-state index contributed by atoms with van der Waals surface area (Å²) < 4.78 is 5.61. The molecule has 0 amide bonds. The van der Waals surface area contributed by atoms with Gasteiger partial charge in [-0.3, -0.25) is 9.80 Å². The maximum Gasteiger partial charge on any atom is 0.126 e. The lowest BCUT2D eigenvalue weighted by molar-refractivity contribution is 0.0446. The summed E-state index contributed by atoms with van der Waals surface area (Å²) in [5.74, 6) is 1.69. The van der Waals surface area contributed by atoms with E-state index < -0.39 is 0 Å². The molecule has 30 heavy (non-hydrogen) atoms. The molecule has 2 saturated carbocycles. The number of hydrogen-bond donors (Lipinski definition) is 0. The van der Waals surface area contributed by atoms with Crippen LogP contribution in [0.2, 0.25) is 0 Å². The maximum absolute atomic E-state index is 5.61. The Morgan fingerprint density at radius 3 is 1.93 bits per heavy atom. The molecule has 0 spiro atoms. The Bertz CT molecular complexity index is 828. The normalized spacial score (nSPS) is 27.4. The highest BCUT2D eigenvalue weighted by Crippen LogP contribution is 2.39. The van der Waals surface area contributed by atoms with E-state index in [2.05, 4.69) is 46.2 Å². The molecular formula is C27H38N2O. The van der Waals surface area contributed by atoms with Crippen LogP contribution < -0.4 is 4.74 Å². The van der Waals surface area contributed by atoms with Crippen LogP contribution in [-0.4, -0.2) is 55.2 Å². The van der Waals surface area contributed by atoms with Crippen molar-refractivity contribution in [2.45, 2.75) is 75.8 Å². The summed E-state index contributed by atoms with van der Waals surface area (Å²) in [4.78, 5) is 5.63. The molecule has 0 aromatic heterocycles. The second kappa shape index (κ2) is 9.28. The lowest BCUT2D eigenvalue weighted by Crippen LogP contribution is -2.53. The van der Waals surface area contributed by atoms with E-state index in [0.29, 0.717) is 5.92 Å². The van der Waals surface area contributed by atoms with Gasteiger partial charge in [-0.2, -0.15) is 0 Å². The zero-order valence-electron chi connectivity index (χ0n) is 18.7. The van der Waals surface area contributed by atoms with Gasteiger partial charge in [0.15, 0.2) is 0 Å². The summed E-state index contributed by atoms with van der Waals surface area (Å²) in [7, 11) is 1.78. The first-order valence-electron chi connectivity index (χ1n) is 12.4. The minimum atomic E-state index is 0.695. The van der Waals surface area contributed by atoms with E-state index in [9.17, 15) is 0 Å². The molecule has 3 fully saturated rings. The van der Waals surface area contributed by atoms with Gasteiger partial charge in [-0.25, -0.2) is 0 Å². The molecular weight excluding hydrogens is 368 g/mol. The molecule has 3 heteroatoms. The molecule has 162 valence electrons. The van der Waals surface area contributed by atoms with Crippen molar-refractivity contribution in [1.29, 1.82) is 0 Å². The molecule has 0 unspecified atom stereocenters. The number of methoxy groups -OCH3 is 1. The first-order valence-corrected chi connectivity index (χ1v) is 12.4. The lowest BCUT2D eigenvalue weighted by atomic mass is 9.79. The van der Waals surface area contributed by atoms with E-state index in [-0.39, 0.29) is 0 Å². The van der Waals surface area contributed by atoms with Crippen LogP contribution in [0.4, 0.5) is 0 Å². The number of rotatable bonds is 4. The molecule has 3 aliphatic rings. The second-order valence-electron chi connectivity index (χ2n) is 9.77. The predicted octanol–water partition coefficient (Wildman–Crippen LogP) is 5.82. The molecule has 2 aromatic carbocycles. The minimum Gasteiger partial charge on any atom is -0.496 e. The van der Waals surface area contributed by atoms with Crippen LogP contribution >= 0.6 is 0 Å². The number of hydrogen-bond acceptors (Lipinski definition) is 3. The van der Waals surface area contributed by atoms with Gasteiger partial charge in [0, 0.05) is 43.6 Å². The summed E-state index contributed by atoms with van der Waals surface area (Å²) in [5, 5.41) is 2.65. The van der Waals surface area contributed by atoms with Gasteiger partial charge >= 0.3 is 0 Å². The van der Waals surface area contributed by atoms with Gasteiger partial charge in [0.25, 0.3) is 0 Å². The monoisotopic (exact) mass is 406 g/mol. The van der Waals surface area contributed by atoms with Crippen LogP contribution in [-0.2, 0) is 0 Å². The molecule has 1 aliphatic heterocycles. The Hall–Kier alpha value is -1.58. The maximum atomic E-state index is 5.61. The van der Waals surface area contributed by atoms with E-state index in [1.807, 2.05) is 0 Å². The lowest BCUT2D eigenvalue weighted by Gasteiger charge is -2.45. The third kappa shape index (κ3) is 4.11. The zero-order valence-corrected chi connectivity index (χ0v) is 18.7. The van der Waals surface area contributed by atoms with Crippen molar-refractivity contribution < 1.29 is 4.74 Å². The second-order valence-corrected chi connectivity index (χ2v) is 9.77. The number of ether oxygens (including phenoxy) is 1. The molecule has 2 aliphatic carbocycles. The standard InChI is InChI=1S/C27H38N2O/c1-30-27-12-6-10-25-24(9-5-11-26(25)27)21-13-15-23(16-14-21)29-19-17-28(18-20-29)22-7-3-2-4-8-22/h5-6,9-12,21-23H,2-4,7-8,13-20H2,1H3. The van der Waals surface area contributed by atoms with Gasteiger partial charge in [0.2, 0.25) is 0 Å². The fraction of sp³-hybridized carbons (Fsp3) is 0.630. The Balaban J connectivity index is 1.19. The summed E-state index contributed by atoms with van der Waals surface area (Å²) in [6, 6.07) is 15.0. The van der Waals surface area contributed by atoms with Crippen LogP contribution in [0.1, 0.15) is 69.3 Å². The van der Waals surface area contributed by atoms with Crippen LogP contribution in [0.15, 0.2) is 36.4 Å². The van der Waals surface area contributed by atoms with E-state index in [1.54, 1.807) is 7.11 Å². The molecule has 0 N–H and O–H groups in total. The zero-order chi connectivity index (χ0) is 20.3. The van der Waals surface area contributed by atoms with Crippen molar-refractivity contribution in [3.8, 4) is 5.75 Å². The summed E-state index contributed by atoms with van der Waals surface area (Å²) >= 11 is 0. The average molecular weight is 407 g/mol. The highest BCUT2D eigenvalue weighted by Gasteiger charge is 2.31. The number of benzene rings is 2. The van der Waals surface area contributed by atoms with E-state index in [0.717, 1.165) is 17.8 Å².